The van der Waals surface area contributed by atoms with Crippen LogP contribution in [0.4, 0.5) is 5.13 Å². The van der Waals surface area contributed by atoms with Crippen LogP contribution in [0.5, 0.6) is 5.75 Å². The first-order valence-electron chi connectivity index (χ1n) is 7.86. The molecule has 0 spiro atoms. The molecule has 0 aliphatic rings. The number of hydrogen-bond donors (Lipinski definition) is 1. The second kappa shape index (κ2) is 7.83. The normalized spacial score (nSPS) is 11.2. The fourth-order valence-corrected chi connectivity index (χ4v) is 3.89. The molecule has 2 N–H and O–H groups in total. The minimum Gasteiger partial charge on any atom is -0.494 e. The molecular formula is C16H20N6OS2. The van der Waals surface area contributed by atoms with Crippen molar-refractivity contribution in [2.75, 3.05) is 12.8 Å². The molecule has 0 atom stereocenters. The van der Waals surface area contributed by atoms with E-state index in [0.717, 1.165) is 33.8 Å². The highest BCUT2D eigenvalue weighted by atomic mass is 32.2. The van der Waals surface area contributed by atoms with Crippen molar-refractivity contribution in [2.45, 2.75) is 30.4 Å². The molecular weight excluding hydrogens is 356 g/mol. The predicted octanol–water partition coefficient (Wildman–Crippen LogP) is 3.20. The van der Waals surface area contributed by atoms with E-state index < -0.39 is 0 Å². The maximum atomic E-state index is 5.65. The maximum Gasteiger partial charge on any atom is 0.203 e. The van der Waals surface area contributed by atoms with E-state index >= 15 is 0 Å². The van der Waals surface area contributed by atoms with Gasteiger partial charge in [0.25, 0.3) is 0 Å². The van der Waals surface area contributed by atoms with Gasteiger partial charge in [0.05, 0.1) is 12.9 Å². The van der Waals surface area contributed by atoms with Crippen molar-refractivity contribution in [1.82, 2.24) is 25.0 Å². The van der Waals surface area contributed by atoms with E-state index in [-0.39, 0.29) is 0 Å². The molecule has 9 heteroatoms. The SMILES string of the molecule is COc1ccccc1-n1nc(CC(C)C)nc1CSc1nnc(N)s1. The lowest BCUT2D eigenvalue weighted by molar-refractivity contribution is 0.411. The number of ether oxygens (including phenoxy) is 1. The summed E-state index contributed by atoms with van der Waals surface area (Å²) in [5.74, 6) is 3.54. The Morgan fingerprint density at radius 1 is 1.28 bits per heavy atom. The van der Waals surface area contributed by atoms with Crippen LogP contribution >= 0.6 is 23.1 Å². The first-order chi connectivity index (χ1) is 12.1. The van der Waals surface area contributed by atoms with Gasteiger partial charge in [-0.15, -0.1) is 10.2 Å². The summed E-state index contributed by atoms with van der Waals surface area (Å²) >= 11 is 2.92. The second-order valence-corrected chi connectivity index (χ2v) is 8.05. The summed E-state index contributed by atoms with van der Waals surface area (Å²) in [6.45, 7) is 4.31. The van der Waals surface area contributed by atoms with Crippen LogP contribution in [-0.2, 0) is 12.2 Å². The van der Waals surface area contributed by atoms with Crippen molar-refractivity contribution >= 4 is 28.2 Å². The van der Waals surface area contributed by atoms with E-state index in [9.17, 15) is 0 Å². The number of benzene rings is 1. The Morgan fingerprint density at radius 2 is 2.08 bits per heavy atom. The van der Waals surface area contributed by atoms with E-state index in [1.54, 1.807) is 18.9 Å². The lowest BCUT2D eigenvalue weighted by Crippen LogP contribution is -2.04. The third-order valence-electron chi connectivity index (χ3n) is 3.37. The zero-order valence-corrected chi connectivity index (χ0v) is 16.0. The fourth-order valence-electron chi connectivity index (χ4n) is 2.34. The highest BCUT2D eigenvalue weighted by Gasteiger charge is 2.16. The third kappa shape index (κ3) is 4.29. The van der Waals surface area contributed by atoms with Gasteiger partial charge in [-0.05, 0) is 18.1 Å². The van der Waals surface area contributed by atoms with Crippen LogP contribution < -0.4 is 10.5 Å². The molecule has 0 saturated carbocycles. The van der Waals surface area contributed by atoms with E-state index in [4.69, 9.17) is 20.6 Å². The molecule has 0 fully saturated rings. The van der Waals surface area contributed by atoms with E-state index in [1.807, 2.05) is 28.9 Å². The summed E-state index contributed by atoms with van der Waals surface area (Å²) in [6, 6.07) is 7.79. The molecule has 0 radical (unpaired) electrons. The molecule has 0 bridgehead atoms. The molecule has 0 aliphatic carbocycles. The highest BCUT2D eigenvalue weighted by molar-refractivity contribution is 8.00. The zero-order chi connectivity index (χ0) is 17.8. The highest BCUT2D eigenvalue weighted by Crippen LogP contribution is 2.29. The Hall–Kier alpha value is -2.13. The summed E-state index contributed by atoms with van der Waals surface area (Å²) in [4.78, 5) is 4.72. The molecule has 0 saturated heterocycles. The molecule has 0 unspecified atom stereocenters. The lowest BCUT2D eigenvalue weighted by atomic mass is 10.1. The predicted molar refractivity (Wildman–Crippen MR) is 100 cm³/mol. The van der Waals surface area contributed by atoms with Gasteiger partial charge in [-0.3, -0.25) is 0 Å². The Balaban J connectivity index is 1.93. The minimum atomic E-state index is 0.467. The Kier molecular flexibility index (Phi) is 5.54. The quantitative estimate of drug-likeness (QED) is 0.633. The van der Waals surface area contributed by atoms with Gasteiger partial charge in [-0.25, -0.2) is 9.67 Å². The van der Waals surface area contributed by atoms with Gasteiger partial charge in [-0.2, -0.15) is 5.10 Å². The number of hydrogen-bond acceptors (Lipinski definition) is 8. The van der Waals surface area contributed by atoms with Gasteiger partial charge >= 0.3 is 0 Å². The van der Waals surface area contributed by atoms with Crippen molar-refractivity contribution in [3.63, 3.8) is 0 Å². The van der Waals surface area contributed by atoms with Crippen molar-refractivity contribution in [1.29, 1.82) is 0 Å². The van der Waals surface area contributed by atoms with Gasteiger partial charge < -0.3 is 10.5 Å². The first-order valence-corrected chi connectivity index (χ1v) is 9.67. The molecule has 1 aromatic carbocycles. The van der Waals surface area contributed by atoms with Gasteiger partial charge in [0, 0.05) is 6.42 Å². The standard InChI is InChI=1S/C16H20N6OS2/c1-10(2)8-13-18-14(9-24-16-20-19-15(17)25-16)22(21-13)11-6-4-5-7-12(11)23-3/h4-7,10H,8-9H2,1-3H3,(H2,17,19). The average Bonchev–Trinajstić information content (AvgIpc) is 3.18. The Bertz CT molecular complexity index is 845. The smallest absolute Gasteiger partial charge is 0.203 e. The summed E-state index contributed by atoms with van der Waals surface area (Å²) in [7, 11) is 1.66. The fraction of sp³-hybridized carbons (Fsp3) is 0.375. The van der Waals surface area contributed by atoms with Crippen LogP contribution in [0.25, 0.3) is 5.69 Å². The number of anilines is 1. The minimum absolute atomic E-state index is 0.467. The van der Waals surface area contributed by atoms with E-state index in [1.165, 1.54) is 11.3 Å². The van der Waals surface area contributed by atoms with E-state index in [2.05, 4.69) is 24.0 Å². The molecule has 7 nitrogen and oxygen atoms in total. The number of para-hydroxylation sites is 2. The van der Waals surface area contributed by atoms with Crippen LogP contribution in [0.2, 0.25) is 0 Å². The molecule has 3 aromatic rings. The van der Waals surface area contributed by atoms with Gasteiger partial charge in [0.2, 0.25) is 5.13 Å². The summed E-state index contributed by atoms with van der Waals surface area (Å²) in [5, 5.41) is 13.1. The van der Waals surface area contributed by atoms with Gasteiger partial charge in [-0.1, -0.05) is 49.1 Å². The average molecular weight is 377 g/mol. The number of thioether (sulfide) groups is 1. The molecule has 2 heterocycles. The summed E-state index contributed by atoms with van der Waals surface area (Å²) in [5.41, 5.74) is 6.52. The molecule has 0 amide bonds. The van der Waals surface area contributed by atoms with Crippen molar-refractivity contribution < 1.29 is 4.74 Å². The van der Waals surface area contributed by atoms with Crippen LogP contribution in [0.1, 0.15) is 25.5 Å². The maximum absolute atomic E-state index is 5.65. The van der Waals surface area contributed by atoms with Crippen molar-refractivity contribution in [2.24, 2.45) is 5.92 Å². The molecule has 25 heavy (non-hydrogen) atoms. The number of nitrogens with two attached hydrogens (primary N) is 1. The van der Waals surface area contributed by atoms with Crippen LogP contribution in [-0.4, -0.2) is 32.1 Å². The number of methoxy groups -OCH3 is 1. The number of nitrogen functional groups attached to an aromatic ring is 1. The third-order valence-corrected chi connectivity index (χ3v) is 5.25. The summed E-state index contributed by atoms with van der Waals surface area (Å²) < 4.78 is 8.15. The lowest BCUT2D eigenvalue weighted by Gasteiger charge is -2.09. The largest absolute Gasteiger partial charge is 0.494 e. The first kappa shape index (κ1) is 17.7. The molecule has 2 aromatic heterocycles. The topological polar surface area (TPSA) is 91.7 Å². The monoisotopic (exact) mass is 376 g/mol. The number of nitrogens with zero attached hydrogens (tertiary/aromatic N) is 5. The summed E-state index contributed by atoms with van der Waals surface area (Å²) in [6.07, 6.45) is 0.825. The van der Waals surface area contributed by atoms with E-state index in [0.29, 0.717) is 16.8 Å². The number of aromatic nitrogens is 5. The van der Waals surface area contributed by atoms with Crippen molar-refractivity contribution in [3.8, 4) is 11.4 Å². The Morgan fingerprint density at radius 3 is 2.76 bits per heavy atom. The van der Waals surface area contributed by atoms with Crippen LogP contribution in [0.3, 0.4) is 0 Å². The van der Waals surface area contributed by atoms with Gasteiger partial charge in [0.1, 0.15) is 17.3 Å². The van der Waals surface area contributed by atoms with Crippen LogP contribution in [0, 0.1) is 5.92 Å². The van der Waals surface area contributed by atoms with Crippen molar-refractivity contribution in [3.05, 3.63) is 35.9 Å². The van der Waals surface area contributed by atoms with Crippen LogP contribution in [0.15, 0.2) is 28.6 Å². The second-order valence-electron chi connectivity index (χ2n) is 5.82. The molecule has 3 rings (SSSR count). The zero-order valence-electron chi connectivity index (χ0n) is 14.3. The molecule has 0 aliphatic heterocycles. The Labute approximate surface area is 154 Å². The van der Waals surface area contributed by atoms with Gasteiger partial charge in [0.15, 0.2) is 10.2 Å². The number of rotatable bonds is 7. The molecule has 132 valence electrons.